The van der Waals surface area contributed by atoms with Gasteiger partial charge in [0.2, 0.25) is 11.3 Å². The van der Waals surface area contributed by atoms with Gasteiger partial charge in [-0.05, 0) is 54.6 Å². The SMILES string of the molecule is O=C(Cn1ncc(=O)c2ccccc21)Nc1ccc(S(=O)(=O)Nc2cccc(F)c2)cc1. The normalized spacial score (nSPS) is 11.3. The fourth-order valence-electron chi connectivity index (χ4n) is 3.11. The lowest BCUT2D eigenvalue weighted by atomic mass is 10.2. The van der Waals surface area contributed by atoms with Crippen LogP contribution in [0.5, 0.6) is 0 Å². The predicted molar refractivity (Wildman–Crippen MR) is 118 cm³/mol. The number of aromatic nitrogens is 2. The van der Waals surface area contributed by atoms with Crippen LogP contribution >= 0.6 is 0 Å². The highest BCUT2D eigenvalue weighted by atomic mass is 32.2. The summed E-state index contributed by atoms with van der Waals surface area (Å²) in [6.07, 6.45) is 1.15. The molecule has 0 unspecified atom stereocenters. The Hall–Kier alpha value is -4.05. The number of benzene rings is 3. The number of carbonyl (C=O) groups is 1. The van der Waals surface area contributed by atoms with Crippen molar-refractivity contribution in [2.24, 2.45) is 0 Å². The molecular formula is C22H17FN4O4S. The lowest BCUT2D eigenvalue weighted by Gasteiger charge is -2.11. The molecule has 0 aliphatic carbocycles. The van der Waals surface area contributed by atoms with E-state index in [0.717, 1.165) is 12.3 Å². The molecular weight excluding hydrogens is 435 g/mol. The molecule has 0 saturated carbocycles. The summed E-state index contributed by atoms with van der Waals surface area (Å²) in [6.45, 7) is -0.137. The molecule has 0 aliphatic rings. The van der Waals surface area contributed by atoms with Gasteiger partial charge >= 0.3 is 0 Å². The third kappa shape index (κ3) is 4.65. The van der Waals surface area contributed by atoms with Crippen LogP contribution in [0, 0.1) is 5.82 Å². The number of sulfonamides is 1. The van der Waals surface area contributed by atoms with Crippen LogP contribution in [0.4, 0.5) is 15.8 Å². The van der Waals surface area contributed by atoms with Gasteiger partial charge in [0, 0.05) is 11.1 Å². The number of amides is 1. The molecule has 0 aliphatic heterocycles. The number of hydrogen-bond donors (Lipinski definition) is 2. The standard InChI is InChI=1S/C22H17FN4O4S/c23-15-4-3-5-17(12-15)26-32(30,31)18-10-8-16(9-11-18)25-22(29)14-27-20-7-2-1-6-19(20)21(28)13-24-27/h1-13,26H,14H2,(H,25,29). The van der Waals surface area contributed by atoms with Gasteiger partial charge in [0.15, 0.2) is 0 Å². The zero-order valence-corrected chi connectivity index (χ0v) is 17.3. The molecule has 8 nitrogen and oxygen atoms in total. The quantitative estimate of drug-likeness (QED) is 0.467. The van der Waals surface area contributed by atoms with Gasteiger partial charge in [-0.15, -0.1) is 0 Å². The van der Waals surface area contributed by atoms with Gasteiger partial charge in [0.25, 0.3) is 10.0 Å². The van der Waals surface area contributed by atoms with E-state index in [1.54, 1.807) is 24.3 Å². The Bertz CT molecular complexity index is 1470. The van der Waals surface area contributed by atoms with E-state index in [1.165, 1.54) is 47.1 Å². The lowest BCUT2D eigenvalue weighted by molar-refractivity contribution is -0.116. The summed E-state index contributed by atoms with van der Waals surface area (Å²) in [4.78, 5) is 24.3. The van der Waals surface area contributed by atoms with Gasteiger partial charge in [-0.25, -0.2) is 12.8 Å². The number of fused-ring (bicyclic) bond motifs is 1. The van der Waals surface area contributed by atoms with Crippen molar-refractivity contribution in [3.63, 3.8) is 0 Å². The summed E-state index contributed by atoms with van der Waals surface area (Å²) in [6, 6.07) is 17.5. The summed E-state index contributed by atoms with van der Waals surface area (Å²) in [5, 5.41) is 7.13. The number of halogens is 1. The Morgan fingerprint density at radius 2 is 1.72 bits per heavy atom. The molecule has 1 amide bonds. The molecule has 10 heteroatoms. The van der Waals surface area contributed by atoms with Crippen LogP contribution in [0.3, 0.4) is 0 Å². The van der Waals surface area contributed by atoms with Gasteiger partial charge in [-0.3, -0.25) is 19.0 Å². The average Bonchev–Trinajstić information content (AvgIpc) is 2.76. The maximum atomic E-state index is 13.3. The van der Waals surface area contributed by atoms with Crippen molar-refractivity contribution >= 4 is 38.2 Å². The number of rotatable bonds is 6. The van der Waals surface area contributed by atoms with Crippen molar-refractivity contribution in [3.05, 3.63) is 95.0 Å². The number of hydrogen-bond acceptors (Lipinski definition) is 5. The van der Waals surface area contributed by atoms with E-state index in [0.29, 0.717) is 16.6 Å². The topological polar surface area (TPSA) is 110 Å². The molecule has 4 aromatic rings. The molecule has 32 heavy (non-hydrogen) atoms. The first-order valence-electron chi connectivity index (χ1n) is 9.45. The van der Waals surface area contributed by atoms with Crippen molar-refractivity contribution in [3.8, 4) is 0 Å². The van der Waals surface area contributed by atoms with Gasteiger partial charge < -0.3 is 5.32 Å². The zero-order chi connectivity index (χ0) is 22.7. The minimum Gasteiger partial charge on any atom is -0.324 e. The van der Waals surface area contributed by atoms with E-state index in [4.69, 9.17) is 0 Å². The predicted octanol–water partition coefficient (Wildman–Crippen LogP) is 2.98. The highest BCUT2D eigenvalue weighted by Gasteiger charge is 2.15. The second kappa shape index (κ2) is 8.60. The van der Waals surface area contributed by atoms with Gasteiger partial charge in [-0.1, -0.05) is 18.2 Å². The molecule has 0 saturated heterocycles. The summed E-state index contributed by atoms with van der Waals surface area (Å²) < 4.78 is 42.0. The van der Waals surface area contributed by atoms with E-state index in [9.17, 15) is 22.4 Å². The summed E-state index contributed by atoms with van der Waals surface area (Å²) in [7, 11) is -3.93. The molecule has 0 radical (unpaired) electrons. The molecule has 1 heterocycles. The van der Waals surface area contributed by atoms with Gasteiger partial charge in [0.1, 0.15) is 12.4 Å². The van der Waals surface area contributed by atoms with E-state index in [-0.39, 0.29) is 22.6 Å². The molecule has 0 spiro atoms. The Labute approximate surface area is 182 Å². The van der Waals surface area contributed by atoms with E-state index < -0.39 is 21.7 Å². The Morgan fingerprint density at radius 3 is 2.47 bits per heavy atom. The molecule has 2 N–H and O–H groups in total. The maximum absolute atomic E-state index is 13.3. The number of anilines is 2. The number of nitrogens with zero attached hydrogens (tertiary/aromatic N) is 2. The molecule has 4 rings (SSSR count). The monoisotopic (exact) mass is 452 g/mol. The van der Waals surface area contributed by atoms with Crippen molar-refractivity contribution in [1.82, 2.24) is 9.78 Å². The molecule has 0 bridgehead atoms. The first kappa shape index (κ1) is 21.2. The van der Waals surface area contributed by atoms with Crippen LogP contribution in [-0.2, 0) is 21.4 Å². The van der Waals surface area contributed by atoms with E-state index >= 15 is 0 Å². The Morgan fingerprint density at radius 1 is 0.969 bits per heavy atom. The maximum Gasteiger partial charge on any atom is 0.261 e. The van der Waals surface area contributed by atoms with Crippen molar-refractivity contribution in [1.29, 1.82) is 0 Å². The largest absolute Gasteiger partial charge is 0.324 e. The van der Waals surface area contributed by atoms with Crippen LogP contribution in [0.15, 0.2) is 88.7 Å². The van der Waals surface area contributed by atoms with Gasteiger partial charge in [0.05, 0.1) is 22.3 Å². The van der Waals surface area contributed by atoms with Crippen LogP contribution in [0.25, 0.3) is 10.9 Å². The highest BCUT2D eigenvalue weighted by Crippen LogP contribution is 2.19. The zero-order valence-electron chi connectivity index (χ0n) is 16.5. The molecule has 0 fully saturated rings. The van der Waals surface area contributed by atoms with Crippen LogP contribution in [-0.4, -0.2) is 24.1 Å². The molecule has 0 atom stereocenters. The molecule has 1 aromatic heterocycles. The fourth-order valence-corrected chi connectivity index (χ4v) is 4.16. The first-order valence-corrected chi connectivity index (χ1v) is 10.9. The van der Waals surface area contributed by atoms with Crippen LogP contribution in [0.1, 0.15) is 0 Å². The third-order valence-electron chi connectivity index (χ3n) is 4.58. The summed E-state index contributed by atoms with van der Waals surface area (Å²) >= 11 is 0. The van der Waals surface area contributed by atoms with Gasteiger partial charge in [-0.2, -0.15) is 5.10 Å². The Balaban J connectivity index is 1.46. The fraction of sp³-hybridized carbons (Fsp3) is 0.0455. The van der Waals surface area contributed by atoms with Crippen molar-refractivity contribution in [2.75, 3.05) is 10.0 Å². The summed E-state index contributed by atoms with van der Waals surface area (Å²) in [5.41, 5.74) is 0.772. The molecule has 3 aromatic carbocycles. The van der Waals surface area contributed by atoms with Crippen LogP contribution in [0.2, 0.25) is 0 Å². The first-order chi connectivity index (χ1) is 15.3. The second-order valence-corrected chi connectivity index (χ2v) is 8.55. The number of nitrogens with one attached hydrogen (secondary N) is 2. The minimum atomic E-state index is -3.93. The average molecular weight is 452 g/mol. The minimum absolute atomic E-state index is 0.0483. The van der Waals surface area contributed by atoms with E-state index in [2.05, 4.69) is 15.1 Å². The smallest absolute Gasteiger partial charge is 0.261 e. The third-order valence-corrected chi connectivity index (χ3v) is 5.98. The van der Waals surface area contributed by atoms with Crippen molar-refractivity contribution < 1.29 is 17.6 Å². The highest BCUT2D eigenvalue weighted by molar-refractivity contribution is 7.92. The summed E-state index contributed by atoms with van der Waals surface area (Å²) in [5.74, 6) is -0.965. The van der Waals surface area contributed by atoms with Crippen LogP contribution < -0.4 is 15.5 Å². The Kier molecular flexibility index (Phi) is 5.69. The number of para-hydroxylation sites is 1. The van der Waals surface area contributed by atoms with E-state index in [1.807, 2.05) is 0 Å². The number of carbonyl (C=O) groups excluding carboxylic acids is 1. The second-order valence-electron chi connectivity index (χ2n) is 6.87. The van der Waals surface area contributed by atoms with Crippen molar-refractivity contribution in [2.45, 2.75) is 11.4 Å². The lowest BCUT2D eigenvalue weighted by Crippen LogP contribution is -2.22. The molecule has 162 valence electrons.